The number of terminal acetylenes is 1. The zero-order chi connectivity index (χ0) is 20.5. The van der Waals surface area contributed by atoms with E-state index in [4.69, 9.17) is 27.5 Å². The van der Waals surface area contributed by atoms with Crippen LogP contribution in [0, 0.1) is 12.3 Å². The second-order valence-corrected chi connectivity index (χ2v) is 5.93. The molecule has 0 aliphatic rings. The molecular weight excluding hydrogens is 380 g/mol. The number of hydrogen-bond acceptors (Lipinski definition) is 4. The number of carbonyl (C=O) groups excluding carboxylic acids is 2. The minimum absolute atomic E-state index is 0.126. The zero-order valence-electron chi connectivity index (χ0n) is 15.4. The number of rotatable bonds is 7. The Morgan fingerprint density at radius 3 is 2.68 bits per heavy atom. The van der Waals surface area contributed by atoms with E-state index in [-0.39, 0.29) is 12.5 Å². The van der Waals surface area contributed by atoms with Crippen LogP contribution in [0.5, 0.6) is 11.5 Å². The number of methoxy groups -OCH3 is 1. The summed E-state index contributed by atoms with van der Waals surface area (Å²) < 4.78 is 10.6. The first kappa shape index (κ1) is 20.9. The van der Waals surface area contributed by atoms with Crippen molar-refractivity contribution in [2.45, 2.75) is 0 Å². The van der Waals surface area contributed by atoms with Crippen molar-refractivity contribution in [3.63, 3.8) is 0 Å². The lowest BCUT2D eigenvalue weighted by Gasteiger charge is -2.10. The number of carbonyl (C=O) groups is 2. The summed E-state index contributed by atoms with van der Waals surface area (Å²) in [5.41, 5.74) is 1.35. The Morgan fingerprint density at radius 1 is 1.21 bits per heavy atom. The maximum atomic E-state index is 12.3. The molecule has 0 radical (unpaired) electrons. The molecule has 0 unspecified atom stereocenters. The monoisotopic (exact) mass is 398 g/mol. The molecule has 0 bridgehead atoms. The third kappa shape index (κ3) is 5.53. The van der Waals surface area contributed by atoms with Gasteiger partial charge in [0, 0.05) is 18.1 Å². The van der Waals surface area contributed by atoms with Crippen molar-refractivity contribution in [3.05, 3.63) is 58.6 Å². The van der Waals surface area contributed by atoms with E-state index >= 15 is 0 Å². The van der Waals surface area contributed by atoms with Gasteiger partial charge in [0.15, 0.2) is 11.5 Å². The number of halogens is 1. The van der Waals surface area contributed by atoms with E-state index in [9.17, 15) is 9.59 Å². The van der Waals surface area contributed by atoms with Gasteiger partial charge in [-0.15, -0.1) is 6.42 Å². The van der Waals surface area contributed by atoms with Crippen LogP contribution in [0.1, 0.15) is 15.9 Å². The molecule has 2 rings (SSSR count). The number of benzene rings is 2. The molecule has 0 heterocycles. The summed E-state index contributed by atoms with van der Waals surface area (Å²) in [5.74, 6) is 2.64. The van der Waals surface area contributed by atoms with E-state index in [1.807, 2.05) is 0 Å². The lowest BCUT2D eigenvalue weighted by atomic mass is 10.1. The number of nitrogens with one attached hydrogen (secondary N) is 2. The first-order chi connectivity index (χ1) is 13.5. The predicted molar refractivity (Wildman–Crippen MR) is 110 cm³/mol. The third-order valence-corrected chi connectivity index (χ3v) is 3.87. The first-order valence-corrected chi connectivity index (χ1v) is 8.61. The summed E-state index contributed by atoms with van der Waals surface area (Å²) in [7, 11) is 3.02. The molecule has 2 N–H and O–H groups in total. The van der Waals surface area contributed by atoms with Gasteiger partial charge in [-0.3, -0.25) is 9.59 Å². The van der Waals surface area contributed by atoms with Crippen molar-refractivity contribution in [3.8, 4) is 23.8 Å². The van der Waals surface area contributed by atoms with Gasteiger partial charge < -0.3 is 20.1 Å². The number of amides is 2. The molecule has 28 heavy (non-hydrogen) atoms. The second-order valence-electron chi connectivity index (χ2n) is 5.49. The lowest BCUT2D eigenvalue weighted by Crippen LogP contribution is -2.20. The van der Waals surface area contributed by atoms with Gasteiger partial charge in [-0.1, -0.05) is 23.6 Å². The average molecular weight is 399 g/mol. The van der Waals surface area contributed by atoms with Crippen molar-refractivity contribution < 1.29 is 19.1 Å². The Hall–Kier alpha value is -3.43. The molecule has 0 aromatic heterocycles. The minimum Gasteiger partial charge on any atom is -0.493 e. The topological polar surface area (TPSA) is 76.7 Å². The van der Waals surface area contributed by atoms with Crippen LogP contribution in [0.4, 0.5) is 5.69 Å². The van der Waals surface area contributed by atoms with Gasteiger partial charge in [-0.25, -0.2) is 0 Å². The average Bonchev–Trinajstić information content (AvgIpc) is 2.70. The van der Waals surface area contributed by atoms with Gasteiger partial charge in [0.25, 0.3) is 5.91 Å². The quantitative estimate of drug-likeness (QED) is 0.553. The first-order valence-electron chi connectivity index (χ1n) is 8.23. The fourth-order valence-corrected chi connectivity index (χ4v) is 2.50. The van der Waals surface area contributed by atoms with Crippen molar-refractivity contribution in [2.75, 3.05) is 26.1 Å². The Kier molecular flexibility index (Phi) is 7.49. The van der Waals surface area contributed by atoms with Crippen molar-refractivity contribution >= 4 is 35.2 Å². The van der Waals surface area contributed by atoms with Crippen molar-refractivity contribution in [1.82, 2.24) is 5.32 Å². The molecule has 0 atom stereocenters. The van der Waals surface area contributed by atoms with Gasteiger partial charge in [0.1, 0.15) is 6.61 Å². The molecule has 7 heteroatoms. The fourth-order valence-electron chi connectivity index (χ4n) is 2.33. The number of anilines is 1. The summed E-state index contributed by atoms with van der Waals surface area (Å²) in [4.78, 5) is 24.2. The molecule has 0 aliphatic carbocycles. The fraction of sp³-hybridized carbons (Fsp3) is 0.143. The van der Waals surface area contributed by atoms with Gasteiger partial charge in [-0.2, -0.15) is 0 Å². The summed E-state index contributed by atoms with van der Waals surface area (Å²) in [5, 5.41) is 5.57. The molecule has 6 nitrogen and oxygen atoms in total. The van der Waals surface area contributed by atoms with Crippen LogP contribution in [0.3, 0.4) is 0 Å². The molecule has 144 valence electrons. The third-order valence-electron chi connectivity index (χ3n) is 3.64. The Bertz CT molecular complexity index is 948. The molecule has 0 saturated heterocycles. The molecule has 2 aromatic rings. The summed E-state index contributed by atoms with van der Waals surface area (Å²) >= 11 is 5.97. The minimum atomic E-state index is -0.418. The van der Waals surface area contributed by atoms with E-state index in [0.29, 0.717) is 27.8 Å². The Balaban J connectivity index is 2.15. The lowest BCUT2D eigenvalue weighted by molar-refractivity contribution is -0.111. The van der Waals surface area contributed by atoms with Crippen LogP contribution >= 0.6 is 11.6 Å². The van der Waals surface area contributed by atoms with Crippen LogP contribution in [-0.2, 0) is 4.79 Å². The van der Waals surface area contributed by atoms with Crippen LogP contribution < -0.4 is 20.1 Å². The van der Waals surface area contributed by atoms with E-state index in [1.54, 1.807) is 36.4 Å². The number of ether oxygens (including phenoxy) is 2. The highest BCUT2D eigenvalue weighted by atomic mass is 35.5. The van der Waals surface area contributed by atoms with Gasteiger partial charge in [0.2, 0.25) is 5.91 Å². The molecule has 2 amide bonds. The van der Waals surface area contributed by atoms with Crippen molar-refractivity contribution in [1.29, 1.82) is 0 Å². The predicted octanol–water partition coefficient (Wildman–Crippen LogP) is 3.37. The highest BCUT2D eigenvalue weighted by Crippen LogP contribution is 2.28. The Labute approximate surface area is 168 Å². The van der Waals surface area contributed by atoms with E-state index in [0.717, 1.165) is 5.56 Å². The highest BCUT2D eigenvalue weighted by molar-refractivity contribution is 6.31. The van der Waals surface area contributed by atoms with Crippen LogP contribution in [-0.4, -0.2) is 32.6 Å². The largest absolute Gasteiger partial charge is 0.493 e. The zero-order valence-corrected chi connectivity index (χ0v) is 16.2. The number of hydrogen-bond donors (Lipinski definition) is 2. The maximum absolute atomic E-state index is 12.3. The van der Waals surface area contributed by atoms with Crippen LogP contribution in [0.15, 0.2) is 42.5 Å². The molecule has 2 aromatic carbocycles. The Morgan fingerprint density at radius 2 is 2.00 bits per heavy atom. The summed E-state index contributed by atoms with van der Waals surface area (Å²) in [6.45, 7) is 0.126. The maximum Gasteiger partial charge on any atom is 0.253 e. The smallest absolute Gasteiger partial charge is 0.253 e. The van der Waals surface area contributed by atoms with Gasteiger partial charge >= 0.3 is 0 Å². The SMILES string of the molecule is C#CCOc1ccc(/C=C/C(=O)Nc2cc(Cl)ccc2C(=O)NC)cc1OC. The molecule has 0 saturated carbocycles. The summed E-state index contributed by atoms with van der Waals surface area (Å²) in [6.07, 6.45) is 8.13. The van der Waals surface area contributed by atoms with Crippen LogP contribution in [0.25, 0.3) is 6.08 Å². The molecule has 0 spiro atoms. The van der Waals surface area contributed by atoms with E-state index in [1.165, 1.54) is 26.3 Å². The van der Waals surface area contributed by atoms with Gasteiger partial charge in [-0.05, 0) is 42.0 Å². The van der Waals surface area contributed by atoms with Crippen molar-refractivity contribution in [2.24, 2.45) is 0 Å². The van der Waals surface area contributed by atoms with Crippen LogP contribution in [0.2, 0.25) is 5.02 Å². The molecular formula is C21H19ClN2O4. The molecule has 0 aliphatic heterocycles. The molecule has 0 fully saturated rings. The highest BCUT2D eigenvalue weighted by Gasteiger charge is 2.12. The standard InChI is InChI=1S/C21H19ClN2O4/c1-4-11-28-18-9-5-14(12-19(18)27-3)6-10-20(25)24-17-13-15(22)7-8-16(17)21(26)23-2/h1,5-10,12-13H,11H2,2-3H3,(H,23,26)(H,24,25)/b10-6+. The van der Waals surface area contributed by atoms with Gasteiger partial charge in [0.05, 0.1) is 18.4 Å². The normalized spacial score (nSPS) is 10.2. The van der Waals surface area contributed by atoms with E-state index in [2.05, 4.69) is 16.6 Å². The van der Waals surface area contributed by atoms with E-state index < -0.39 is 5.91 Å². The second kappa shape index (κ2) is 10.0. The summed E-state index contributed by atoms with van der Waals surface area (Å²) in [6, 6.07) is 9.80.